The smallest absolute Gasteiger partial charge is 0.147 e. The van der Waals surface area contributed by atoms with Crippen molar-refractivity contribution in [3.63, 3.8) is 0 Å². The first kappa shape index (κ1) is 21.9. The molecule has 0 aliphatic carbocycles. The molecule has 0 N–H and O–H groups in total. The Kier molecular flexibility index (Phi) is 7.10. The van der Waals surface area contributed by atoms with Gasteiger partial charge in [-0.1, -0.05) is 50.2 Å². The van der Waals surface area contributed by atoms with Gasteiger partial charge in [-0.2, -0.15) is 0 Å². The summed E-state index contributed by atoms with van der Waals surface area (Å²) in [5.41, 5.74) is 4.68. The number of nitrogens with zero attached hydrogens (tertiary/aromatic N) is 2. The molecule has 1 aromatic heterocycles. The van der Waals surface area contributed by atoms with Crippen LogP contribution in [0.5, 0.6) is 11.5 Å². The number of fused-ring (bicyclic) bond motifs is 1. The lowest BCUT2D eigenvalue weighted by Gasteiger charge is -2.13. The first-order valence-electron chi connectivity index (χ1n) is 11.5. The summed E-state index contributed by atoms with van der Waals surface area (Å²) in [6, 6.07) is 24.9. The van der Waals surface area contributed by atoms with Gasteiger partial charge in [-0.25, -0.2) is 4.98 Å². The van der Waals surface area contributed by atoms with Crippen LogP contribution in [-0.4, -0.2) is 16.2 Å². The van der Waals surface area contributed by atoms with Crippen molar-refractivity contribution in [3.8, 4) is 11.5 Å². The van der Waals surface area contributed by atoms with E-state index in [0.717, 1.165) is 47.7 Å². The number of imidazole rings is 1. The lowest BCUT2D eigenvalue weighted by molar-refractivity contribution is 0.280. The van der Waals surface area contributed by atoms with E-state index < -0.39 is 0 Å². The van der Waals surface area contributed by atoms with E-state index in [2.05, 4.69) is 73.9 Å². The van der Waals surface area contributed by atoms with Crippen LogP contribution in [-0.2, 0) is 13.2 Å². The molecule has 0 aliphatic rings. The minimum atomic E-state index is 0.441. The maximum Gasteiger partial charge on any atom is 0.147 e. The van der Waals surface area contributed by atoms with Crippen molar-refractivity contribution in [1.29, 1.82) is 0 Å². The zero-order valence-corrected chi connectivity index (χ0v) is 19.3. The standard InChI is InChI=1S/C28H32N2O2/c1-4-22(3)23-13-15-24(16-14-23)31-18-8-17-30-27-12-6-5-11-26(27)29-28(30)20-32-25-10-7-9-21(2)19-25/h5-7,9-16,19,22H,4,8,17-18,20H2,1-3H3. The highest BCUT2D eigenvalue weighted by atomic mass is 16.5. The van der Waals surface area contributed by atoms with Crippen molar-refractivity contribution in [2.45, 2.75) is 52.7 Å². The first-order chi connectivity index (χ1) is 15.6. The van der Waals surface area contributed by atoms with E-state index in [-0.39, 0.29) is 0 Å². The molecule has 0 spiro atoms. The SMILES string of the molecule is CCC(C)c1ccc(OCCCn2c(COc3cccc(C)c3)nc3ccccc32)cc1. The van der Waals surface area contributed by atoms with E-state index in [9.17, 15) is 0 Å². The van der Waals surface area contributed by atoms with Gasteiger partial charge in [-0.05, 0) is 73.2 Å². The summed E-state index contributed by atoms with van der Waals surface area (Å²) >= 11 is 0. The minimum absolute atomic E-state index is 0.441. The Hall–Kier alpha value is -3.27. The molecule has 0 radical (unpaired) electrons. The maximum atomic E-state index is 6.04. The average molecular weight is 429 g/mol. The zero-order valence-electron chi connectivity index (χ0n) is 19.3. The van der Waals surface area contributed by atoms with Crippen LogP contribution in [0.2, 0.25) is 0 Å². The highest BCUT2D eigenvalue weighted by Crippen LogP contribution is 2.22. The summed E-state index contributed by atoms with van der Waals surface area (Å²) in [4.78, 5) is 4.82. The number of aryl methyl sites for hydroxylation is 2. The Labute approximate surface area is 190 Å². The highest BCUT2D eigenvalue weighted by molar-refractivity contribution is 5.75. The van der Waals surface area contributed by atoms with Crippen LogP contribution < -0.4 is 9.47 Å². The van der Waals surface area contributed by atoms with Gasteiger partial charge in [0.05, 0.1) is 17.6 Å². The quantitative estimate of drug-likeness (QED) is 0.258. The molecule has 3 aromatic carbocycles. The fraction of sp³-hybridized carbons (Fsp3) is 0.321. The topological polar surface area (TPSA) is 36.3 Å². The molecule has 1 heterocycles. The van der Waals surface area contributed by atoms with Gasteiger partial charge in [0.2, 0.25) is 0 Å². The number of aromatic nitrogens is 2. The molecule has 0 amide bonds. The molecule has 4 aromatic rings. The summed E-state index contributed by atoms with van der Waals surface area (Å²) in [5.74, 6) is 3.31. The third-order valence-electron chi connectivity index (χ3n) is 5.95. The van der Waals surface area contributed by atoms with E-state index >= 15 is 0 Å². The fourth-order valence-electron chi connectivity index (χ4n) is 3.88. The van der Waals surface area contributed by atoms with Gasteiger partial charge in [-0.15, -0.1) is 0 Å². The van der Waals surface area contributed by atoms with Gasteiger partial charge in [0.1, 0.15) is 23.9 Å². The van der Waals surface area contributed by atoms with E-state index in [1.807, 2.05) is 24.3 Å². The summed E-state index contributed by atoms with van der Waals surface area (Å²) in [7, 11) is 0. The number of benzene rings is 3. The predicted octanol–water partition coefficient (Wildman–Crippen LogP) is 6.91. The monoisotopic (exact) mass is 428 g/mol. The highest BCUT2D eigenvalue weighted by Gasteiger charge is 2.11. The van der Waals surface area contributed by atoms with Crippen molar-refractivity contribution in [3.05, 3.63) is 89.7 Å². The molecule has 0 aliphatic heterocycles. The molecule has 0 saturated carbocycles. The number of ether oxygens (including phenoxy) is 2. The molecule has 0 saturated heterocycles. The van der Waals surface area contributed by atoms with E-state index in [4.69, 9.17) is 14.5 Å². The Bertz CT molecular complexity index is 1150. The molecular formula is C28H32N2O2. The number of para-hydroxylation sites is 2. The molecular weight excluding hydrogens is 396 g/mol. The molecule has 4 nitrogen and oxygen atoms in total. The second kappa shape index (κ2) is 10.4. The lowest BCUT2D eigenvalue weighted by atomic mass is 9.99. The van der Waals surface area contributed by atoms with Crippen LogP contribution in [0, 0.1) is 6.92 Å². The normalized spacial score (nSPS) is 12.1. The average Bonchev–Trinajstić information content (AvgIpc) is 3.18. The van der Waals surface area contributed by atoms with Crippen molar-refractivity contribution in [2.24, 2.45) is 0 Å². The van der Waals surface area contributed by atoms with Gasteiger partial charge in [0.25, 0.3) is 0 Å². The summed E-state index contributed by atoms with van der Waals surface area (Å²) in [6.07, 6.45) is 2.04. The van der Waals surface area contributed by atoms with Gasteiger partial charge >= 0.3 is 0 Å². The van der Waals surface area contributed by atoms with Crippen LogP contribution in [0.3, 0.4) is 0 Å². The van der Waals surface area contributed by atoms with Gasteiger partial charge in [0, 0.05) is 6.54 Å². The maximum absolute atomic E-state index is 6.04. The largest absolute Gasteiger partial charge is 0.494 e. The molecule has 1 atom stereocenters. The van der Waals surface area contributed by atoms with Crippen LogP contribution in [0.1, 0.15) is 49.6 Å². The Balaban J connectivity index is 1.39. The second-order valence-corrected chi connectivity index (χ2v) is 8.35. The van der Waals surface area contributed by atoms with Crippen molar-refractivity contribution >= 4 is 11.0 Å². The fourth-order valence-corrected chi connectivity index (χ4v) is 3.88. The van der Waals surface area contributed by atoms with Crippen LogP contribution >= 0.6 is 0 Å². The molecule has 0 fully saturated rings. The minimum Gasteiger partial charge on any atom is -0.494 e. The van der Waals surface area contributed by atoms with Gasteiger partial charge in [-0.3, -0.25) is 0 Å². The lowest BCUT2D eigenvalue weighted by Crippen LogP contribution is -2.10. The van der Waals surface area contributed by atoms with Crippen molar-refractivity contribution < 1.29 is 9.47 Å². The Morgan fingerprint density at radius 1 is 0.906 bits per heavy atom. The molecule has 4 rings (SSSR count). The number of hydrogen-bond acceptors (Lipinski definition) is 3. The third kappa shape index (κ3) is 5.31. The summed E-state index contributed by atoms with van der Waals surface area (Å²) in [5, 5.41) is 0. The van der Waals surface area contributed by atoms with Crippen LogP contribution in [0.15, 0.2) is 72.8 Å². The van der Waals surface area contributed by atoms with Crippen molar-refractivity contribution in [1.82, 2.24) is 9.55 Å². The number of rotatable bonds is 10. The third-order valence-corrected chi connectivity index (χ3v) is 5.95. The van der Waals surface area contributed by atoms with Crippen LogP contribution in [0.4, 0.5) is 0 Å². The molecule has 0 bridgehead atoms. The van der Waals surface area contributed by atoms with Gasteiger partial charge in [0.15, 0.2) is 0 Å². The number of hydrogen-bond donors (Lipinski definition) is 0. The zero-order chi connectivity index (χ0) is 22.3. The Morgan fingerprint density at radius 3 is 2.50 bits per heavy atom. The molecule has 166 valence electrons. The molecule has 32 heavy (non-hydrogen) atoms. The van der Waals surface area contributed by atoms with E-state index in [1.54, 1.807) is 0 Å². The van der Waals surface area contributed by atoms with E-state index in [0.29, 0.717) is 19.1 Å². The predicted molar refractivity (Wildman–Crippen MR) is 131 cm³/mol. The Morgan fingerprint density at radius 2 is 1.72 bits per heavy atom. The summed E-state index contributed by atoms with van der Waals surface area (Å²) < 4.78 is 14.3. The van der Waals surface area contributed by atoms with Crippen LogP contribution in [0.25, 0.3) is 11.0 Å². The van der Waals surface area contributed by atoms with E-state index in [1.165, 1.54) is 11.1 Å². The second-order valence-electron chi connectivity index (χ2n) is 8.35. The molecule has 4 heteroatoms. The summed E-state index contributed by atoms with van der Waals surface area (Å²) in [6.45, 7) is 8.47. The van der Waals surface area contributed by atoms with Crippen molar-refractivity contribution in [2.75, 3.05) is 6.61 Å². The first-order valence-corrected chi connectivity index (χ1v) is 11.5. The van der Waals surface area contributed by atoms with Gasteiger partial charge < -0.3 is 14.0 Å². The molecule has 1 unspecified atom stereocenters.